The fourth-order valence-corrected chi connectivity index (χ4v) is 7.47. The quantitative estimate of drug-likeness (QED) is 0.130. The maximum Gasteiger partial charge on any atom is 0.270 e. The van der Waals surface area contributed by atoms with Crippen LogP contribution in [0, 0.1) is 10.1 Å². The maximum atomic E-state index is 11.4. The van der Waals surface area contributed by atoms with Crippen LogP contribution in [0.4, 0.5) is 5.69 Å². The zero-order chi connectivity index (χ0) is 24.9. The van der Waals surface area contributed by atoms with Crippen LogP contribution < -0.4 is 0 Å². The second kappa shape index (κ2) is 9.09. The van der Waals surface area contributed by atoms with Gasteiger partial charge in [0.05, 0.1) is 4.92 Å². The van der Waals surface area contributed by atoms with E-state index in [0.717, 1.165) is 34.1 Å². The molecule has 0 N–H and O–H groups in total. The number of nitro benzene ring substituents is 1. The third-order valence-corrected chi connectivity index (χ3v) is 9.37. The van der Waals surface area contributed by atoms with E-state index in [1.807, 2.05) is 23.5 Å². The molecule has 0 amide bonds. The van der Waals surface area contributed by atoms with Gasteiger partial charge in [0.25, 0.3) is 5.69 Å². The standard InChI is InChI=1S/C32H23NO2S2/c34-33(35)28-14-22-11-23(15-28)19-37-17-21-10-20(16-36-18-22)12-27(13-21)29-8-6-26-5-4-24-2-1-3-25-7-9-30(29)32(26)31(24)25/h1-15H,16-19H2. The Hall–Kier alpha value is -3.54. The van der Waals surface area contributed by atoms with Crippen LogP contribution in [0.25, 0.3) is 43.4 Å². The molecule has 0 aliphatic carbocycles. The lowest BCUT2D eigenvalue weighted by atomic mass is 9.89. The molecule has 7 rings (SSSR count). The lowest BCUT2D eigenvalue weighted by Gasteiger charge is -2.16. The number of benzene rings is 6. The lowest BCUT2D eigenvalue weighted by molar-refractivity contribution is -0.385. The highest BCUT2D eigenvalue weighted by Gasteiger charge is 2.15. The summed E-state index contributed by atoms with van der Waals surface area (Å²) < 4.78 is 0. The molecule has 1 aliphatic heterocycles. The van der Waals surface area contributed by atoms with Gasteiger partial charge in [-0.3, -0.25) is 10.1 Å². The maximum absolute atomic E-state index is 11.4. The predicted molar refractivity (Wildman–Crippen MR) is 159 cm³/mol. The van der Waals surface area contributed by atoms with E-state index < -0.39 is 0 Å². The number of thioether (sulfide) groups is 2. The van der Waals surface area contributed by atoms with E-state index in [0.29, 0.717) is 0 Å². The molecule has 4 bridgehead atoms. The summed E-state index contributed by atoms with van der Waals surface area (Å²) in [5.41, 5.74) is 7.39. The van der Waals surface area contributed by atoms with Crippen molar-refractivity contribution in [3.8, 4) is 11.1 Å². The molecule has 6 aromatic rings. The van der Waals surface area contributed by atoms with E-state index >= 15 is 0 Å². The summed E-state index contributed by atoms with van der Waals surface area (Å²) in [7, 11) is 0. The van der Waals surface area contributed by atoms with Crippen LogP contribution in [-0.4, -0.2) is 4.92 Å². The van der Waals surface area contributed by atoms with Crippen molar-refractivity contribution in [3.05, 3.63) is 123 Å². The third kappa shape index (κ3) is 4.12. The van der Waals surface area contributed by atoms with Gasteiger partial charge in [0.2, 0.25) is 0 Å². The van der Waals surface area contributed by atoms with Gasteiger partial charge in [-0.05, 0) is 65.7 Å². The Morgan fingerprint density at radius 3 is 1.70 bits per heavy atom. The number of non-ortho nitro benzene ring substituents is 1. The van der Waals surface area contributed by atoms with Crippen molar-refractivity contribution in [3.63, 3.8) is 0 Å². The third-order valence-electron chi connectivity index (χ3n) is 7.22. The number of nitrogens with zero attached hydrogens (tertiary/aromatic N) is 1. The SMILES string of the molecule is O=[N+]([O-])c1cc2cc(c1)CSCc1cc(cc(-c3ccc4ccc5cccc6ccc3c4c56)c1)CSC2. The van der Waals surface area contributed by atoms with Crippen molar-refractivity contribution in [2.45, 2.75) is 23.0 Å². The monoisotopic (exact) mass is 517 g/mol. The Morgan fingerprint density at radius 1 is 0.595 bits per heavy atom. The second-order valence-corrected chi connectivity index (χ2v) is 11.7. The van der Waals surface area contributed by atoms with Crippen molar-refractivity contribution < 1.29 is 4.92 Å². The Bertz CT molecular complexity index is 1770. The minimum Gasteiger partial charge on any atom is -0.258 e. The topological polar surface area (TPSA) is 43.1 Å². The van der Waals surface area contributed by atoms with Crippen molar-refractivity contribution in [2.24, 2.45) is 0 Å². The molecule has 0 saturated carbocycles. The molecule has 0 aromatic heterocycles. The van der Waals surface area contributed by atoms with Gasteiger partial charge in [0.1, 0.15) is 0 Å². The van der Waals surface area contributed by atoms with Crippen molar-refractivity contribution in [1.29, 1.82) is 0 Å². The Kier molecular flexibility index (Phi) is 5.56. The van der Waals surface area contributed by atoms with E-state index in [9.17, 15) is 10.1 Å². The van der Waals surface area contributed by atoms with E-state index in [1.54, 1.807) is 12.1 Å². The highest BCUT2D eigenvalue weighted by molar-refractivity contribution is 7.98. The van der Waals surface area contributed by atoms with Gasteiger partial charge >= 0.3 is 0 Å². The fraction of sp³-hybridized carbons (Fsp3) is 0.125. The van der Waals surface area contributed by atoms with Crippen LogP contribution in [0.3, 0.4) is 0 Å². The smallest absolute Gasteiger partial charge is 0.258 e. The summed E-state index contributed by atoms with van der Waals surface area (Å²) >= 11 is 3.63. The van der Waals surface area contributed by atoms with Crippen LogP contribution in [0.15, 0.2) is 91.0 Å². The number of fused-ring (bicyclic) bond motifs is 4. The average Bonchev–Trinajstić information content (AvgIpc) is 2.91. The molecule has 0 radical (unpaired) electrons. The molecule has 0 spiro atoms. The van der Waals surface area contributed by atoms with Crippen molar-refractivity contribution >= 4 is 61.5 Å². The van der Waals surface area contributed by atoms with E-state index in [1.165, 1.54) is 54.6 Å². The normalized spacial score (nSPS) is 14.1. The fourth-order valence-electron chi connectivity index (χ4n) is 5.66. The van der Waals surface area contributed by atoms with Crippen LogP contribution in [0.1, 0.15) is 22.3 Å². The highest BCUT2D eigenvalue weighted by Crippen LogP contribution is 2.40. The molecular formula is C32H23NO2S2. The second-order valence-electron chi connectivity index (χ2n) is 9.76. The number of nitro groups is 1. The molecule has 0 saturated heterocycles. The Labute approximate surface area is 223 Å². The first-order valence-electron chi connectivity index (χ1n) is 12.3. The first-order valence-corrected chi connectivity index (χ1v) is 14.7. The lowest BCUT2D eigenvalue weighted by Crippen LogP contribution is -1.96. The van der Waals surface area contributed by atoms with Crippen molar-refractivity contribution in [1.82, 2.24) is 0 Å². The van der Waals surface area contributed by atoms with Gasteiger partial charge < -0.3 is 0 Å². The molecule has 6 aromatic carbocycles. The van der Waals surface area contributed by atoms with Gasteiger partial charge in [0, 0.05) is 35.1 Å². The van der Waals surface area contributed by atoms with Crippen molar-refractivity contribution in [2.75, 3.05) is 0 Å². The number of hydrogen-bond donors (Lipinski definition) is 0. The summed E-state index contributed by atoms with van der Waals surface area (Å²) in [6.07, 6.45) is 0. The summed E-state index contributed by atoms with van der Waals surface area (Å²) in [6, 6.07) is 32.6. The minimum atomic E-state index is -0.278. The first kappa shape index (κ1) is 22.6. The van der Waals surface area contributed by atoms with E-state index in [4.69, 9.17) is 0 Å². The zero-order valence-electron chi connectivity index (χ0n) is 20.1. The molecule has 0 fully saturated rings. The molecule has 1 aliphatic rings. The van der Waals surface area contributed by atoms with Gasteiger partial charge in [-0.25, -0.2) is 0 Å². The van der Waals surface area contributed by atoms with Gasteiger partial charge in [-0.15, -0.1) is 0 Å². The van der Waals surface area contributed by atoms with Crippen LogP contribution in [0.5, 0.6) is 0 Å². The molecule has 0 atom stereocenters. The van der Waals surface area contributed by atoms with E-state index in [-0.39, 0.29) is 10.6 Å². The number of rotatable bonds is 2. The zero-order valence-corrected chi connectivity index (χ0v) is 21.7. The Balaban J connectivity index is 1.32. The summed E-state index contributed by atoms with van der Waals surface area (Å²) in [6.45, 7) is 0. The summed E-state index contributed by atoms with van der Waals surface area (Å²) in [4.78, 5) is 11.1. The molecule has 37 heavy (non-hydrogen) atoms. The Morgan fingerprint density at radius 2 is 1.11 bits per heavy atom. The highest BCUT2D eigenvalue weighted by atomic mass is 32.2. The van der Waals surface area contributed by atoms with Gasteiger partial charge in [-0.1, -0.05) is 78.9 Å². The molecule has 3 nitrogen and oxygen atoms in total. The predicted octanol–water partition coefficient (Wildman–Crippen LogP) is 9.34. The summed E-state index contributed by atoms with van der Waals surface area (Å²) in [5.74, 6) is 3.26. The molecule has 180 valence electrons. The largest absolute Gasteiger partial charge is 0.270 e. The molecule has 1 heterocycles. The van der Waals surface area contributed by atoms with Gasteiger partial charge in [0.15, 0.2) is 0 Å². The summed E-state index contributed by atoms with van der Waals surface area (Å²) in [5, 5.41) is 19.3. The average molecular weight is 518 g/mol. The van der Waals surface area contributed by atoms with E-state index in [2.05, 4.69) is 78.9 Å². The van der Waals surface area contributed by atoms with Crippen LogP contribution in [0.2, 0.25) is 0 Å². The first-order chi connectivity index (χ1) is 18.1. The molecular weight excluding hydrogens is 494 g/mol. The molecule has 5 heteroatoms. The van der Waals surface area contributed by atoms with Crippen LogP contribution >= 0.6 is 23.5 Å². The minimum absolute atomic E-state index is 0.195. The molecule has 0 unspecified atom stereocenters. The number of hydrogen-bond acceptors (Lipinski definition) is 4. The van der Waals surface area contributed by atoms with Gasteiger partial charge in [-0.2, -0.15) is 23.5 Å². The van der Waals surface area contributed by atoms with Crippen LogP contribution in [-0.2, 0) is 23.0 Å².